The predicted molar refractivity (Wildman–Crippen MR) is 91.2 cm³/mol. The van der Waals surface area contributed by atoms with Crippen LogP contribution in [0.25, 0.3) is 0 Å². The predicted octanol–water partition coefficient (Wildman–Crippen LogP) is 5.68. The molecule has 0 saturated carbocycles. The summed E-state index contributed by atoms with van der Waals surface area (Å²) in [6.45, 7) is 11.4. The highest BCUT2D eigenvalue weighted by molar-refractivity contribution is 5.83. The maximum atomic E-state index is 11.5. The van der Waals surface area contributed by atoms with Gasteiger partial charge in [0.05, 0.1) is 6.61 Å². The van der Waals surface area contributed by atoms with E-state index in [4.69, 9.17) is 4.74 Å². The largest absolute Gasteiger partial charge is 0.463 e. The van der Waals surface area contributed by atoms with Crippen molar-refractivity contribution in [1.29, 1.82) is 0 Å². The molecule has 1 unspecified atom stereocenters. The summed E-state index contributed by atoms with van der Waals surface area (Å²) in [5, 5.41) is 0. The molecule has 0 fully saturated rings. The third kappa shape index (κ3) is 13.7. The summed E-state index contributed by atoms with van der Waals surface area (Å²) in [5.74, 6) is 1.29. The Labute approximate surface area is 131 Å². The first kappa shape index (κ1) is 19.9. The van der Waals surface area contributed by atoms with Crippen LogP contribution in [0.1, 0.15) is 73.1 Å². The van der Waals surface area contributed by atoms with Crippen molar-refractivity contribution in [2.45, 2.75) is 73.1 Å². The average molecular weight is 294 g/mol. The van der Waals surface area contributed by atoms with Gasteiger partial charge in [0.15, 0.2) is 0 Å². The zero-order valence-electron chi connectivity index (χ0n) is 14.7. The van der Waals surface area contributed by atoms with Gasteiger partial charge in [0, 0.05) is 6.08 Å². The van der Waals surface area contributed by atoms with Gasteiger partial charge in [-0.3, -0.25) is 0 Å². The first-order valence-electron chi connectivity index (χ1n) is 8.47. The van der Waals surface area contributed by atoms with Gasteiger partial charge in [-0.05, 0) is 37.2 Å². The Kier molecular flexibility index (Phi) is 12.0. The lowest BCUT2D eigenvalue weighted by atomic mass is 9.97. The fraction of sp³-hybridized carbons (Fsp3) is 0.737. The van der Waals surface area contributed by atoms with Gasteiger partial charge in [-0.15, -0.1) is 0 Å². The van der Waals surface area contributed by atoms with E-state index >= 15 is 0 Å². The maximum absolute atomic E-state index is 11.5. The van der Waals surface area contributed by atoms with Crippen LogP contribution in [0.15, 0.2) is 23.8 Å². The van der Waals surface area contributed by atoms with Crippen molar-refractivity contribution >= 4 is 5.97 Å². The minimum atomic E-state index is -0.226. The molecule has 0 N–H and O–H groups in total. The van der Waals surface area contributed by atoms with E-state index in [1.54, 1.807) is 6.08 Å². The molecule has 0 bridgehead atoms. The standard InChI is InChI=1S/C19H34O2/c1-6-7-14-21-19(20)15-18(5)13-9-12-17(4)11-8-10-16(2)3/h9,13,15-17H,6-8,10-12,14H2,1-5H3. The molecule has 0 amide bonds. The van der Waals surface area contributed by atoms with Gasteiger partial charge >= 0.3 is 5.97 Å². The lowest BCUT2D eigenvalue weighted by Gasteiger charge is -2.09. The lowest BCUT2D eigenvalue weighted by Crippen LogP contribution is -2.02. The van der Waals surface area contributed by atoms with Gasteiger partial charge in [0.2, 0.25) is 0 Å². The topological polar surface area (TPSA) is 26.3 Å². The monoisotopic (exact) mass is 294 g/mol. The van der Waals surface area contributed by atoms with Gasteiger partial charge in [-0.1, -0.05) is 65.5 Å². The summed E-state index contributed by atoms with van der Waals surface area (Å²) in [5.41, 5.74) is 0.964. The van der Waals surface area contributed by atoms with Gasteiger partial charge in [0.1, 0.15) is 0 Å². The van der Waals surface area contributed by atoms with E-state index in [2.05, 4.69) is 33.8 Å². The molecule has 0 saturated heterocycles. The quantitative estimate of drug-likeness (QED) is 0.212. The first-order chi connectivity index (χ1) is 9.95. The van der Waals surface area contributed by atoms with Crippen molar-refractivity contribution in [2.24, 2.45) is 11.8 Å². The molecule has 0 heterocycles. The van der Waals surface area contributed by atoms with E-state index in [0.717, 1.165) is 30.8 Å². The minimum Gasteiger partial charge on any atom is -0.463 e. The Hall–Kier alpha value is -1.05. The number of carbonyl (C=O) groups excluding carboxylic acids is 1. The van der Waals surface area contributed by atoms with E-state index in [1.165, 1.54) is 19.3 Å². The molecule has 0 aliphatic rings. The molecule has 0 aliphatic heterocycles. The van der Waals surface area contributed by atoms with Crippen molar-refractivity contribution in [3.63, 3.8) is 0 Å². The Morgan fingerprint density at radius 3 is 2.48 bits per heavy atom. The Morgan fingerprint density at radius 1 is 1.14 bits per heavy atom. The molecule has 0 spiro atoms. The van der Waals surface area contributed by atoms with Crippen LogP contribution in [0.5, 0.6) is 0 Å². The summed E-state index contributed by atoms with van der Waals surface area (Å²) in [4.78, 5) is 11.5. The lowest BCUT2D eigenvalue weighted by molar-refractivity contribution is -0.137. The summed E-state index contributed by atoms with van der Waals surface area (Å²) in [6, 6.07) is 0. The number of carbonyl (C=O) groups is 1. The van der Waals surface area contributed by atoms with Gasteiger partial charge < -0.3 is 4.74 Å². The molecule has 0 aromatic heterocycles. The van der Waals surface area contributed by atoms with Crippen LogP contribution >= 0.6 is 0 Å². The molecule has 0 radical (unpaired) electrons. The molecule has 21 heavy (non-hydrogen) atoms. The SMILES string of the molecule is CCCCOC(=O)C=C(C)C=CCC(C)CCCC(C)C. The van der Waals surface area contributed by atoms with E-state index < -0.39 is 0 Å². The Bertz CT molecular complexity index is 326. The first-order valence-corrected chi connectivity index (χ1v) is 8.47. The second-order valence-corrected chi connectivity index (χ2v) is 6.48. The van der Waals surface area contributed by atoms with Crippen molar-refractivity contribution in [1.82, 2.24) is 0 Å². The van der Waals surface area contributed by atoms with Crippen molar-refractivity contribution in [3.8, 4) is 0 Å². The van der Waals surface area contributed by atoms with Crippen LogP contribution in [0, 0.1) is 11.8 Å². The molecule has 0 aromatic rings. The number of rotatable bonds is 11. The van der Waals surface area contributed by atoms with Crippen LogP contribution in [-0.2, 0) is 9.53 Å². The number of hydrogen-bond donors (Lipinski definition) is 0. The normalized spacial score (nSPS) is 13.9. The minimum absolute atomic E-state index is 0.226. The average Bonchev–Trinajstić information content (AvgIpc) is 2.38. The van der Waals surface area contributed by atoms with Gasteiger partial charge in [0.25, 0.3) is 0 Å². The molecule has 2 heteroatoms. The van der Waals surface area contributed by atoms with Crippen molar-refractivity contribution < 1.29 is 9.53 Å². The maximum Gasteiger partial charge on any atom is 0.331 e. The van der Waals surface area contributed by atoms with Gasteiger partial charge in [-0.2, -0.15) is 0 Å². The van der Waals surface area contributed by atoms with Crippen molar-refractivity contribution in [3.05, 3.63) is 23.8 Å². The molecule has 0 aromatic carbocycles. The summed E-state index contributed by atoms with van der Waals surface area (Å²) in [6.07, 6.45) is 12.7. The molecule has 122 valence electrons. The number of ether oxygens (including phenoxy) is 1. The zero-order chi connectivity index (χ0) is 16.1. The Morgan fingerprint density at radius 2 is 1.86 bits per heavy atom. The van der Waals surface area contributed by atoms with E-state index in [0.29, 0.717) is 12.5 Å². The van der Waals surface area contributed by atoms with Crippen molar-refractivity contribution in [2.75, 3.05) is 6.61 Å². The van der Waals surface area contributed by atoms with E-state index in [9.17, 15) is 4.79 Å². The number of esters is 1. The fourth-order valence-corrected chi connectivity index (χ4v) is 2.07. The van der Waals surface area contributed by atoms with E-state index in [1.807, 2.05) is 13.0 Å². The molecular weight excluding hydrogens is 260 g/mol. The second kappa shape index (κ2) is 12.7. The van der Waals surface area contributed by atoms with Crippen LogP contribution in [0.2, 0.25) is 0 Å². The zero-order valence-corrected chi connectivity index (χ0v) is 14.7. The summed E-state index contributed by atoms with van der Waals surface area (Å²) in [7, 11) is 0. The molecule has 0 aliphatic carbocycles. The highest BCUT2D eigenvalue weighted by atomic mass is 16.5. The summed E-state index contributed by atoms with van der Waals surface area (Å²) >= 11 is 0. The van der Waals surface area contributed by atoms with Crippen LogP contribution in [0.3, 0.4) is 0 Å². The molecule has 2 nitrogen and oxygen atoms in total. The number of allylic oxidation sites excluding steroid dienone is 3. The number of unbranched alkanes of at least 4 members (excludes halogenated alkanes) is 1. The molecule has 1 atom stereocenters. The fourth-order valence-electron chi connectivity index (χ4n) is 2.07. The van der Waals surface area contributed by atoms with Gasteiger partial charge in [-0.25, -0.2) is 4.79 Å². The number of hydrogen-bond acceptors (Lipinski definition) is 2. The third-order valence-electron chi connectivity index (χ3n) is 3.49. The highest BCUT2D eigenvalue weighted by Gasteiger charge is 2.01. The second-order valence-electron chi connectivity index (χ2n) is 6.48. The Balaban J connectivity index is 3.91. The van der Waals surface area contributed by atoms with Crippen LogP contribution in [0.4, 0.5) is 0 Å². The van der Waals surface area contributed by atoms with Crippen LogP contribution in [-0.4, -0.2) is 12.6 Å². The highest BCUT2D eigenvalue weighted by Crippen LogP contribution is 2.15. The molecule has 0 rings (SSSR count). The third-order valence-corrected chi connectivity index (χ3v) is 3.49. The van der Waals surface area contributed by atoms with Crippen LogP contribution < -0.4 is 0 Å². The summed E-state index contributed by atoms with van der Waals surface area (Å²) < 4.78 is 5.11. The smallest absolute Gasteiger partial charge is 0.331 e. The molecular formula is C19H34O2. The van der Waals surface area contributed by atoms with E-state index in [-0.39, 0.29) is 5.97 Å².